The van der Waals surface area contributed by atoms with Crippen LogP contribution < -0.4 is 10.5 Å². The zero-order valence-corrected chi connectivity index (χ0v) is 10.6. The average Bonchev–Trinajstić information content (AvgIpc) is 2.67. The molecule has 3 rings (SSSR count). The third-order valence-electron chi connectivity index (χ3n) is 3.56. The van der Waals surface area contributed by atoms with Gasteiger partial charge in [-0.2, -0.15) is 0 Å². The van der Waals surface area contributed by atoms with Crippen LogP contribution in [0.25, 0.3) is 0 Å². The van der Waals surface area contributed by atoms with Crippen LogP contribution in [-0.2, 0) is 0 Å². The van der Waals surface area contributed by atoms with Gasteiger partial charge >= 0.3 is 0 Å². The van der Waals surface area contributed by atoms with Crippen molar-refractivity contribution in [2.24, 2.45) is 4.99 Å². The first-order valence-electron chi connectivity index (χ1n) is 6.68. The second-order valence-corrected chi connectivity index (χ2v) is 4.95. The van der Waals surface area contributed by atoms with Crippen LogP contribution in [0.5, 0.6) is 5.75 Å². The number of fused-ring (bicyclic) bond motifs is 1. The van der Waals surface area contributed by atoms with Crippen LogP contribution in [0.15, 0.2) is 23.2 Å². The molecular weight excluding hydrogens is 226 g/mol. The van der Waals surface area contributed by atoms with E-state index < -0.39 is 0 Å². The molecule has 96 valence electrons. The normalized spacial score (nSPS) is 19.6. The molecule has 0 radical (unpaired) electrons. The highest BCUT2D eigenvalue weighted by Crippen LogP contribution is 2.33. The van der Waals surface area contributed by atoms with Crippen LogP contribution in [0.4, 0.5) is 11.4 Å². The first-order valence-corrected chi connectivity index (χ1v) is 6.68. The summed E-state index contributed by atoms with van der Waals surface area (Å²) >= 11 is 0. The lowest BCUT2D eigenvalue weighted by atomic mass is 10.2. The van der Waals surface area contributed by atoms with E-state index in [1.165, 1.54) is 25.7 Å². The maximum Gasteiger partial charge on any atom is 0.147 e. The molecule has 0 spiro atoms. The highest BCUT2D eigenvalue weighted by Gasteiger charge is 2.19. The molecule has 2 aliphatic heterocycles. The predicted molar refractivity (Wildman–Crippen MR) is 73.5 cm³/mol. The number of nitrogen functional groups attached to an aromatic ring is 1. The molecule has 0 unspecified atom stereocenters. The summed E-state index contributed by atoms with van der Waals surface area (Å²) in [5.41, 5.74) is 7.36. The highest BCUT2D eigenvalue weighted by atomic mass is 16.5. The number of likely N-dealkylation sites (tertiary alicyclic amines) is 1. The minimum absolute atomic E-state index is 0.566. The molecule has 0 saturated carbocycles. The van der Waals surface area contributed by atoms with Gasteiger partial charge < -0.3 is 15.4 Å². The van der Waals surface area contributed by atoms with Gasteiger partial charge in [0.15, 0.2) is 0 Å². The molecule has 1 aromatic rings. The average molecular weight is 245 g/mol. The molecule has 0 amide bonds. The number of hydrogen-bond donors (Lipinski definition) is 1. The Kier molecular flexibility index (Phi) is 3.09. The molecule has 2 heterocycles. The molecule has 1 saturated heterocycles. The Bertz CT molecular complexity index is 462. The first kappa shape index (κ1) is 11.4. The fourth-order valence-corrected chi connectivity index (χ4v) is 2.54. The van der Waals surface area contributed by atoms with Gasteiger partial charge in [0.2, 0.25) is 0 Å². The summed E-state index contributed by atoms with van der Waals surface area (Å²) in [5, 5.41) is 0. The summed E-state index contributed by atoms with van der Waals surface area (Å²) in [6.45, 7) is 2.77. The van der Waals surface area contributed by atoms with E-state index in [2.05, 4.69) is 4.90 Å². The first-order chi connectivity index (χ1) is 8.83. The second-order valence-electron chi connectivity index (χ2n) is 4.95. The fourth-order valence-electron chi connectivity index (χ4n) is 2.54. The largest absolute Gasteiger partial charge is 0.483 e. The lowest BCUT2D eigenvalue weighted by molar-refractivity contribution is 0.331. The molecule has 18 heavy (non-hydrogen) atoms. The molecule has 0 aliphatic carbocycles. The van der Waals surface area contributed by atoms with Gasteiger partial charge in [-0.15, -0.1) is 0 Å². The molecular formula is C14H19N3O. The van der Waals surface area contributed by atoms with E-state index >= 15 is 0 Å². The molecule has 4 nitrogen and oxygen atoms in total. The minimum atomic E-state index is 0.566. The number of amidine groups is 1. The Hall–Kier alpha value is -1.71. The van der Waals surface area contributed by atoms with E-state index in [4.69, 9.17) is 15.5 Å². The van der Waals surface area contributed by atoms with Gasteiger partial charge in [-0.05, 0) is 25.0 Å². The Labute approximate surface area is 107 Å². The van der Waals surface area contributed by atoms with Crippen molar-refractivity contribution >= 4 is 17.2 Å². The van der Waals surface area contributed by atoms with Gasteiger partial charge in [-0.1, -0.05) is 12.8 Å². The van der Waals surface area contributed by atoms with Crippen molar-refractivity contribution in [2.75, 3.05) is 25.4 Å². The van der Waals surface area contributed by atoms with Crippen molar-refractivity contribution in [3.8, 4) is 5.75 Å². The summed E-state index contributed by atoms with van der Waals surface area (Å²) in [4.78, 5) is 7.08. The lowest BCUT2D eigenvalue weighted by Crippen LogP contribution is -2.36. The monoisotopic (exact) mass is 245 g/mol. The van der Waals surface area contributed by atoms with E-state index in [0.717, 1.165) is 36.0 Å². The zero-order chi connectivity index (χ0) is 12.4. The summed E-state index contributed by atoms with van der Waals surface area (Å²) in [5.74, 6) is 1.86. The van der Waals surface area contributed by atoms with E-state index in [-0.39, 0.29) is 0 Å². The van der Waals surface area contributed by atoms with Gasteiger partial charge in [-0.3, -0.25) is 0 Å². The van der Waals surface area contributed by atoms with Crippen LogP contribution >= 0.6 is 0 Å². The van der Waals surface area contributed by atoms with E-state index in [9.17, 15) is 0 Å². The SMILES string of the molecule is Nc1ccc2c(c1)OCC(N1CCCCCC1)=N2. The molecule has 0 bridgehead atoms. The van der Waals surface area contributed by atoms with Crippen molar-refractivity contribution < 1.29 is 4.74 Å². The maximum absolute atomic E-state index is 5.76. The van der Waals surface area contributed by atoms with E-state index in [0.29, 0.717) is 6.61 Å². The molecule has 1 fully saturated rings. The highest BCUT2D eigenvalue weighted by molar-refractivity contribution is 5.89. The van der Waals surface area contributed by atoms with Crippen LogP contribution in [0.1, 0.15) is 25.7 Å². The van der Waals surface area contributed by atoms with Crippen LogP contribution in [0.3, 0.4) is 0 Å². The number of nitrogens with zero attached hydrogens (tertiary/aromatic N) is 2. The van der Waals surface area contributed by atoms with Gasteiger partial charge in [0.05, 0.1) is 0 Å². The van der Waals surface area contributed by atoms with Crippen molar-refractivity contribution in [3.63, 3.8) is 0 Å². The smallest absolute Gasteiger partial charge is 0.147 e. The quantitative estimate of drug-likeness (QED) is 0.715. The van der Waals surface area contributed by atoms with Crippen LogP contribution in [0, 0.1) is 0 Å². The van der Waals surface area contributed by atoms with Crippen molar-refractivity contribution in [1.29, 1.82) is 0 Å². The third-order valence-corrected chi connectivity index (χ3v) is 3.56. The van der Waals surface area contributed by atoms with Crippen LogP contribution in [-0.4, -0.2) is 30.4 Å². The number of hydrogen-bond acceptors (Lipinski definition) is 4. The van der Waals surface area contributed by atoms with Crippen molar-refractivity contribution in [3.05, 3.63) is 18.2 Å². The van der Waals surface area contributed by atoms with Gasteiger partial charge in [0.25, 0.3) is 0 Å². The zero-order valence-electron chi connectivity index (χ0n) is 10.6. The number of benzene rings is 1. The molecule has 2 N–H and O–H groups in total. The summed E-state index contributed by atoms with van der Waals surface area (Å²) in [7, 11) is 0. The third kappa shape index (κ3) is 2.28. The molecule has 0 aromatic heterocycles. The Morgan fingerprint density at radius 3 is 2.67 bits per heavy atom. The lowest BCUT2D eigenvalue weighted by Gasteiger charge is -2.27. The Morgan fingerprint density at radius 1 is 1.11 bits per heavy atom. The van der Waals surface area contributed by atoms with E-state index in [1.807, 2.05) is 18.2 Å². The van der Waals surface area contributed by atoms with Crippen molar-refractivity contribution in [2.45, 2.75) is 25.7 Å². The number of rotatable bonds is 0. The number of ether oxygens (including phenoxy) is 1. The topological polar surface area (TPSA) is 50.9 Å². The Balaban J connectivity index is 1.83. The van der Waals surface area contributed by atoms with Crippen LogP contribution in [0.2, 0.25) is 0 Å². The summed E-state index contributed by atoms with van der Waals surface area (Å²) in [6, 6.07) is 5.65. The summed E-state index contributed by atoms with van der Waals surface area (Å²) < 4.78 is 5.76. The molecule has 1 aromatic carbocycles. The molecule has 4 heteroatoms. The minimum Gasteiger partial charge on any atom is -0.483 e. The summed E-state index contributed by atoms with van der Waals surface area (Å²) in [6.07, 6.45) is 5.18. The van der Waals surface area contributed by atoms with Gasteiger partial charge in [0.1, 0.15) is 23.9 Å². The van der Waals surface area contributed by atoms with Gasteiger partial charge in [-0.25, -0.2) is 4.99 Å². The number of nitrogens with two attached hydrogens (primary N) is 1. The number of anilines is 1. The fraction of sp³-hybridized carbons (Fsp3) is 0.500. The Morgan fingerprint density at radius 2 is 1.89 bits per heavy atom. The molecule has 0 atom stereocenters. The standard InChI is InChI=1S/C14H19N3O/c15-11-5-6-12-13(9-11)18-10-14(16-12)17-7-3-1-2-4-8-17/h5-6,9H,1-4,7-8,10,15H2. The predicted octanol–water partition coefficient (Wildman–Crippen LogP) is 2.57. The van der Waals surface area contributed by atoms with E-state index in [1.54, 1.807) is 0 Å². The maximum atomic E-state index is 5.76. The number of aliphatic imine (C=N–C) groups is 1. The van der Waals surface area contributed by atoms with Crippen molar-refractivity contribution in [1.82, 2.24) is 4.90 Å². The molecule has 2 aliphatic rings. The second kappa shape index (κ2) is 4.88. The van der Waals surface area contributed by atoms with Gasteiger partial charge in [0, 0.05) is 24.8 Å².